The molecule has 0 saturated heterocycles. The number of likely N-dealkylation sites (N-methyl/N-ethyl adjacent to an activating group) is 1. The summed E-state index contributed by atoms with van der Waals surface area (Å²) < 4.78 is 1.72. The van der Waals surface area contributed by atoms with Crippen LogP contribution >= 0.6 is 11.8 Å². The maximum atomic E-state index is 13.2. The summed E-state index contributed by atoms with van der Waals surface area (Å²) in [7, 11) is 0. The van der Waals surface area contributed by atoms with Crippen molar-refractivity contribution in [1.82, 2.24) is 25.1 Å². The third kappa shape index (κ3) is 4.25. The molecule has 2 aromatic carbocycles. The van der Waals surface area contributed by atoms with E-state index in [0.717, 1.165) is 22.4 Å². The van der Waals surface area contributed by atoms with Crippen molar-refractivity contribution in [3.05, 3.63) is 65.2 Å². The standard InChI is InChI=1S/C21H25N5OS/c1-5-25(6-2)20(27)19(17-10-8-7-9-11-17)28-21-22-23-24-26(21)18-14-15(3)12-13-16(18)4/h7-14,19H,5-6H2,1-4H3/t19-/m1/s1. The highest BCUT2D eigenvalue weighted by molar-refractivity contribution is 8.00. The third-order valence-corrected chi connectivity index (χ3v) is 5.83. The number of carbonyl (C=O) groups excluding carboxylic acids is 1. The van der Waals surface area contributed by atoms with Crippen molar-refractivity contribution in [2.75, 3.05) is 13.1 Å². The van der Waals surface area contributed by atoms with Gasteiger partial charge in [0.1, 0.15) is 5.25 Å². The van der Waals surface area contributed by atoms with Gasteiger partial charge in [-0.1, -0.05) is 54.2 Å². The maximum absolute atomic E-state index is 13.2. The van der Waals surface area contributed by atoms with E-state index in [1.807, 2.05) is 62.9 Å². The second kappa shape index (κ2) is 9.01. The summed E-state index contributed by atoms with van der Waals surface area (Å²) in [6.07, 6.45) is 0. The van der Waals surface area contributed by atoms with Gasteiger partial charge in [0.05, 0.1) is 5.69 Å². The molecule has 0 radical (unpaired) electrons. The van der Waals surface area contributed by atoms with Gasteiger partial charge in [-0.2, -0.15) is 4.68 Å². The smallest absolute Gasteiger partial charge is 0.240 e. The maximum Gasteiger partial charge on any atom is 0.240 e. The number of tetrazole rings is 1. The molecule has 6 nitrogen and oxygen atoms in total. The molecular formula is C21H25N5OS. The van der Waals surface area contributed by atoms with Crippen LogP contribution in [0.25, 0.3) is 5.69 Å². The molecule has 3 aromatic rings. The average Bonchev–Trinajstić information content (AvgIpc) is 3.17. The van der Waals surface area contributed by atoms with Crippen LogP contribution < -0.4 is 0 Å². The van der Waals surface area contributed by atoms with Crippen LogP contribution in [0.4, 0.5) is 0 Å². The lowest BCUT2D eigenvalue weighted by atomic mass is 10.1. The van der Waals surface area contributed by atoms with E-state index < -0.39 is 5.25 Å². The normalized spacial score (nSPS) is 12.0. The first-order chi connectivity index (χ1) is 13.5. The van der Waals surface area contributed by atoms with E-state index in [2.05, 4.69) is 33.7 Å². The fourth-order valence-electron chi connectivity index (χ4n) is 3.05. The van der Waals surface area contributed by atoms with Gasteiger partial charge >= 0.3 is 0 Å². The largest absolute Gasteiger partial charge is 0.342 e. The zero-order valence-corrected chi connectivity index (χ0v) is 17.5. The van der Waals surface area contributed by atoms with Gasteiger partial charge in [-0.15, -0.1) is 5.10 Å². The number of benzene rings is 2. The van der Waals surface area contributed by atoms with Crippen molar-refractivity contribution in [1.29, 1.82) is 0 Å². The van der Waals surface area contributed by atoms with Gasteiger partial charge in [0.15, 0.2) is 0 Å². The fraction of sp³-hybridized carbons (Fsp3) is 0.333. The van der Waals surface area contributed by atoms with Crippen LogP contribution in [0.1, 0.15) is 35.8 Å². The summed E-state index contributed by atoms with van der Waals surface area (Å²) in [5.41, 5.74) is 4.08. The molecule has 0 bridgehead atoms. The number of nitrogens with zero attached hydrogens (tertiary/aromatic N) is 5. The third-order valence-electron chi connectivity index (χ3n) is 4.66. The molecule has 3 rings (SSSR count). The van der Waals surface area contributed by atoms with Crippen LogP contribution in [0.15, 0.2) is 53.7 Å². The molecule has 146 valence electrons. The highest BCUT2D eigenvalue weighted by Crippen LogP contribution is 2.36. The van der Waals surface area contributed by atoms with Gasteiger partial charge in [0.2, 0.25) is 11.1 Å². The summed E-state index contributed by atoms with van der Waals surface area (Å²) in [6.45, 7) is 9.39. The van der Waals surface area contributed by atoms with Crippen molar-refractivity contribution in [2.45, 2.75) is 38.1 Å². The van der Waals surface area contributed by atoms with E-state index in [-0.39, 0.29) is 5.91 Å². The Hall–Kier alpha value is -2.67. The van der Waals surface area contributed by atoms with Gasteiger partial charge in [0.25, 0.3) is 0 Å². The molecule has 0 aliphatic carbocycles. The number of aromatic nitrogens is 4. The fourth-order valence-corrected chi connectivity index (χ4v) is 4.12. The van der Waals surface area contributed by atoms with Crippen molar-refractivity contribution < 1.29 is 4.79 Å². The first kappa shape index (κ1) is 20.1. The van der Waals surface area contributed by atoms with Crippen molar-refractivity contribution in [3.8, 4) is 5.69 Å². The molecule has 1 amide bonds. The second-order valence-electron chi connectivity index (χ2n) is 6.58. The number of amides is 1. The molecule has 1 aromatic heterocycles. The lowest BCUT2D eigenvalue weighted by Crippen LogP contribution is -2.34. The lowest BCUT2D eigenvalue weighted by molar-refractivity contribution is -0.130. The van der Waals surface area contributed by atoms with Crippen molar-refractivity contribution in [3.63, 3.8) is 0 Å². The Morgan fingerprint density at radius 3 is 2.50 bits per heavy atom. The summed E-state index contributed by atoms with van der Waals surface area (Å²) in [4.78, 5) is 15.1. The van der Waals surface area contributed by atoms with Crippen LogP contribution in [0.5, 0.6) is 0 Å². The minimum Gasteiger partial charge on any atom is -0.342 e. The Morgan fingerprint density at radius 1 is 1.11 bits per heavy atom. The predicted molar refractivity (Wildman–Crippen MR) is 112 cm³/mol. The van der Waals surface area contributed by atoms with Gasteiger partial charge in [-0.05, 0) is 60.9 Å². The number of hydrogen-bond acceptors (Lipinski definition) is 5. The van der Waals surface area contributed by atoms with Crippen molar-refractivity contribution in [2.24, 2.45) is 0 Å². The Balaban J connectivity index is 2.00. The number of aryl methyl sites for hydroxylation is 2. The number of hydrogen-bond donors (Lipinski definition) is 0. The Bertz CT molecular complexity index is 937. The number of carbonyl (C=O) groups is 1. The molecule has 28 heavy (non-hydrogen) atoms. The highest BCUT2D eigenvalue weighted by Gasteiger charge is 2.28. The molecule has 0 saturated carbocycles. The molecule has 1 heterocycles. The molecule has 0 unspecified atom stereocenters. The van der Waals surface area contributed by atoms with Crippen molar-refractivity contribution >= 4 is 17.7 Å². The molecule has 0 aliphatic heterocycles. The van der Waals surface area contributed by atoms with E-state index >= 15 is 0 Å². The van der Waals surface area contributed by atoms with Crippen LogP contribution in [0, 0.1) is 13.8 Å². The molecule has 0 fully saturated rings. The zero-order chi connectivity index (χ0) is 20.1. The molecule has 0 aliphatic rings. The molecule has 1 atom stereocenters. The first-order valence-corrected chi connectivity index (χ1v) is 10.3. The van der Waals surface area contributed by atoms with Crippen LogP contribution in [0.3, 0.4) is 0 Å². The van der Waals surface area contributed by atoms with Gasteiger partial charge in [0, 0.05) is 13.1 Å². The molecule has 0 N–H and O–H groups in total. The molecular weight excluding hydrogens is 370 g/mol. The number of rotatable bonds is 7. The van der Waals surface area contributed by atoms with E-state index in [1.54, 1.807) is 4.68 Å². The minimum absolute atomic E-state index is 0.0664. The van der Waals surface area contributed by atoms with Gasteiger partial charge < -0.3 is 4.90 Å². The summed E-state index contributed by atoms with van der Waals surface area (Å²) in [5, 5.41) is 12.5. The summed E-state index contributed by atoms with van der Waals surface area (Å²) >= 11 is 1.39. The van der Waals surface area contributed by atoms with E-state index in [1.165, 1.54) is 11.8 Å². The highest BCUT2D eigenvalue weighted by atomic mass is 32.2. The van der Waals surface area contributed by atoms with Crippen LogP contribution in [-0.2, 0) is 4.79 Å². The lowest BCUT2D eigenvalue weighted by Gasteiger charge is -2.24. The van der Waals surface area contributed by atoms with E-state index in [9.17, 15) is 4.79 Å². The Kier molecular flexibility index (Phi) is 6.46. The van der Waals surface area contributed by atoms with Gasteiger partial charge in [-0.3, -0.25) is 4.79 Å². The van der Waals surface area contributed by atoms with Crippen LogP contribution in [-0.4, -0.2) is 44.1 Å². The van der Waals surface area contributed by atoms with E-state index in [4.69, 9.17) is 0 Å². The second-order valence-corrected chi connectivity index (χ2v) is 7.65. The zero-order valence-electron chi connectivity index (χ0n) is 16.7. The Morgan fingerprint density at radius 2 is 1.82 bits per heavy atom. The van der Waals surface area contributed by atoms with Crippen LogP contribution in [0.2, 0.25) is 0 Å². The summed E-state index contributed by atoms with van der Waals surface area (Å²) in [5.74, 6) is 0.0664. The first-order valence-electron chi connectivity index (χ1n) is 9.41. The predicted octanol–water partition coefficient (Wildman–Crippen LogP) is 3.98. The number of thioether (sulfide) groups is 1. The monoisotopic (exact) mass is 395 g/mol. The van der Waals surface area contributed by atoms with Gasteiger partial charge in [-0.25, -0.2) is 0 Å². The van der Waals surface area contributed by atoms with E-state index in [0.29, 0.717) is 18.2 Å². The minimum atomic E-state index is -0.407. The molecule has 0 spiro atoms. The average molecular weight is 396 g/mol. The summed E-state index contributed by atoms with van der Waals surface area (Å²) in [6, 6.07) is 16.0. The molecule has 7 heteroatoms. The quantitative estimate of drug-likeness (QED) is 0.566. The Labute approximate surface area is 169 Å². The SMILES string of the molecule is CCN(CC)C(=O)[C@H](Sc1nnnn1-c1cc(C)ccc1C)c1ccccc1. The topological polar surface area (TPSA) is 63.9 Å².